The first-order valence-electron chi connectivity index (χ1n) is 9.49. The van der Waals surface area contributed by atoms with E-state index in [2.05, 4.69) is 5.32 Å². The van der Waals surface area contributed by atoms with Gasteiger partial charge in [0.25, 0.3) is 0 Å². The molecule has 1 aliphatic rings. The highest BCUT2D eigenvalue weighted by atomic mass is 16.5. The molecule has 0 radical (unpaired) electrons. The van der Waals surface area contributed by atoms with Crippen molar-refractivity contribution in [3.05, 3.63) is 64.7 Å². The molecule has 0 bridgehead atoms. The molecule has 1 aliphatic heterocycles. The Morgan fingerprint density at radius 2 is 2.19 bits per heavy atom. The Hall–Kier alpha value is -2.37. The smallest absolute Gasteiger partial charge is 0.338 e. The van der Waals surface area contributed by atoms with Crippen molar-refractivity contribution in [1.82, 2.24) is 5.32 Å². The third-order valence-corrected chi connectivity index (χ3v) is 4.74. The number of hydrogen-bond donors (Lipinski definition) is 2. The highest BCUT2D eigenvalue weighted by Gasteiger charge is 2.21. The highest BCUT2D eigenvalue weighted by Crippen LogP contribution is 2.28. The molecule has 0 saturated heterocycles. The molecule has 27 heavy (non-hydrogen) atoms. The maximum absolute atomic E-state index is 11.8. The van der Waals surface area contributed by atoms with Gasteiger partial charge in [0.05, 0.1) is 18.3 Å². The van der Waals surface area contributed by atoms with Gasteiger partial charge < -0.3 is 19.9 Å². The second kappa shape index (κ2) is 9.02. The summed E-state index contributed by atoms with van der Waals surface area (Å²) in [4.78, 5) is 11.8. The van der Waals surface area contributed by atoms with Crippen molar-refractivity contribution in [2.24, 2.45) is 0 Å². The number of aliphatic hydroxyl groups is 1. The summed E-state index contributed by atoms with van der Waals surface area (Å²) in [6, 6.07) is 13.4. The van der Waals surface area contributed by atoms with Gasteiger partial charge in [-0.05, 0) is 56.0 Å². The molecule has 2 unspecified atom stereocenters. The summed E-state index contributed by atoms with van der Waals surface area (Å²) in [5, 5.41) is 13.6. The number of aryl methyl sites for hydroxylation is 2. The van der Waals surface area contributed by atoms with Crippen molar-refractivity contribution in [3.8, 4) is 5.75 Å². The predicted octanol–water partition coefficient (Wildman–Crippen LogP) is 3.19. The largest absolute Gasteiger partial charge is 0.489 e. The molecule has 5 nitrogen and oxygen atoms in total. The van der Waals surface area contributed by atoms with Crippen molar-refractivity contribution in [2.45, 2.75) is 38.9 Å². The standard InChI is InChI=1S/C22H27NO4/c1-3-26-22(25)18-8-10-21-17(12-18)7-9-19(27-21)13-23-14-20(24)16-6-4-5-15(2)11-16/h4-6,8,10-12,19-20,23-24H,3,7,9,13-14H2,1-2H3. The van der Waals surface area contributed by atoms with Crippen LogP contribution in [0.15, 0.2) is 42.5 Å². The summed E-state index contributed by atoms with van der Waals surface area (Å²) in [7, 11) is 0. The number of aliphatic hydroxyl groups excluding tert-OH is 1. The SMILES string of the molecule is CCOC(=O)c1ccc2c(c1)CCC(CNCC(O)c1cccc(C)c1)O2. The van der Waals surface area contributed by atoms with Crippen molar-refractivity contribution in [3.63, 3.8) is 0 Å². The van der Waals surface area contributed by atoms with Gasteiger partial charge in [0.2, 0.25) is 0 Å². The van der Waals surface area contributed by atoms with Gasteiger partial charge in [-0.1, -0.05) is 29.8 Å². The maximum Gasteiger partial charge on any atom is 0.338 e. The fourth-order valence-electron chi connectivity index (χ4n) is 3.31. The molecule has 0 aliphatic carbocycles. The van der Waals surface area contributed by atoms with Crippen molar-refractivity contribution >= 4 is 5.97 Å². The lowest BCUT2D eigenvalue weighted by atomic mass is 9.99. The van der Waals surface area contributed by atoms with Crippen LogP contribution < -0.4 is 10.1 Å². The zero-order chi connectivity index (χ0) is 19.2. The Morgan fingerprint density at radius 3 is 2.96 bits per heavy atom. The van der Waals surface area contributed by atoms with Crippen molar-refractivity contribution < 1.29 is 19.4 Å². The molecule has 0 aromatic heterocycles. The number of ether oxygens (including phenoxy) is 2. The van der Waals surface area contributed by atoms with Gasteiger partial charge in [0, 0.05) is 13.1 Å². The molecule has 2 atom stereocenters. The Balaban J connectivity index is 1.50. The summed E-state index contributed by atoms with van der Waals surface area (Å²) < 4.78 is 11.1. The van der Waals surface area contributed by atoms with E-state index in [4.69, 9.17) is 9.47 Å². The second-order valence-electron chi connectivity index (χ2n) is 6.91. The topological polar surface area (TPSA) is 67.8 Å². The van der Waals surface area contributed by atoms with E-state index in [1.165, 1.54) is 0 Å². The predicted molar refractivity (Wildman–Crippen MR) is 104 cm³/mol. The zero-order valence-electron chi connectivity index (χ0n) is 15.9. The van der Waals surface area contributed by atoms with E-state index in [0.717, 1.165) is 35.3 Å². The van der Waals surface area contributed by atoms with Gasteiger partial charge in [0.1, 0.15) is 11.9 Å². The summed E-state index contributed by atoms with van der Waals surface area (Å²) in [6.07, 6.45) is 1.24. The van der Waals surface area contributed by atoms with E-state index >= 15 is 0 Å². The summed E-state index contributed by atoms with van der Waals surface area (Å²) >= 11 is 0. The maximum atomic E-state index is 11.8. The molecule has 1 heterocycles. The van der Waals surface area contributed by atoms with Crippen LogP contribution in [-0.2, 0) is 11.2 Å². The van der Waals surface area contributed by atoms with E-state index in [1.807, 2.05) is 43.3 Å². The van der Waals surface area contributed by atoms with Gasteiger partial charge in [-0.25, -0.2) is 4.79 Å². The number of rotatable bonds is 7. The number of hydrogen-bond acceptors (Lipinski definition) is 5. The van der Waals surface area contributed by atoms with Crippen LogP contribution in [0.3, 0.4) is 0 Å². The van der Waals surface area contributed by atoms with Crippen molar-refractivity contribution in [1.29, 1.82) is 0 Å². The van der Waals surface area contributed by atoms with Gasteiger partial charge in [-0.2, -0.15) is 0 Å². The van der Waals surface area contributed by atoms with Gasteiger partial charge in [-0.3, -0.25) is 0 Å². The molecule has 0 fully saturated rings. The van der Waals surface area contributed by atoms with Crippen LogP contribution in [0.25, 0.3) is 0 Å². The molecule has 0 spiro atoms. The van der Waals surface area contributed by atoms with E-state index < -0.39 is 6.10 Å². The Labute approximate surface area is 160 Å². The number of benzene rings is 2. The van der Waals surface area contributed by atoms with Crippen LogP contribution >= 0.6 is 0 Å². The van der Waals surface area contributed by atoms with Gasteiger partial charge >= 0.3 is 5.97 Å². The normalized spacial score (nSPS) is 16.9. The number of nitrogens with one attached hydrogen (secondary N) is 1. The zero-order valence-corrected chi connectivity index (χ0v) is 15.9. The fraction of sp³-hybridized carbons (Fsp3) is 0.409. The van der Waals surface area contributed by atoms with E-state index in [9.17, 15) is 9.90 Å². The number of carbonyl (C=O) groups excluding carboxylic acids is 1. The summed E-state index contributed by atoms with van der Waals surface area (Å²) in [5.74, 6) is 0.523. The van der Waals surface area contributed by atoms with Gasteiger partial charge in [-0.15, -0.1) is 0 Å². The van der Waals surface area contributed by atoms with Crippen LogP contribution in [0.4, 0.5) is 0 Å². The molecule has 144 valence electrons. The van der Waals surface area contributed by atoms with Crippen LogP contribution in [-0.4, -0.2) is 36.9 Å². The molecule has 2 aromatic carbocycles. The molecule has 2 aromatic rings. The van der Waals surface area contributed by atoms with Crippen molar-refractivity contribution in [2.75, 3.05) is 19.7 Å². The Morgan fingerprint density at radius 1 is 1.33 bits per heavy atom. The third kappa shape index (κ3) is 5.08. The minimum atomic E-state index is -0.534. The Kier molecular flexibility index (Phi) is 6.48. The molecule has 0 amide bonds. The third-order valence-electron chi connectivity index (χ3n) is 4.74. The molecular formula is C22H27NO4. The van der Waals surface area contributed by atoms with Crippen LogP contribution in [0.2, 0.25) is 0 Å². The number of fused-ring (bicyclic) bond motifs is 1. The van der Waals surface area contributed by atoms with E-state index in [-0.39, 0.29) is 12.1 Å². The Bertz CT molecular complexity index is 790. The fourth-order valence-corrected chi connectivity index (χ4v) is 3.31. The van der Waals surface area contributed by atoms with E-state index in [0.29, 0.717) is 25.3 Å². The number of carbonyl (C=O) groups is 1. The first-order valence-corrected chi connectivity index (χ1v) is 9.49. The van der Waals surface area contributed by atoms with Crippen LogP contribution in [0.5, 0.6) is 5.75 Å². The lowest BCUT2D eigenvalue weighted by Gasteiger charge is -2.27. The average molecular weight is 369 g/mol. The molecule has 3 rings (SSSR count). The average Bonchev–Trinajstić information content (AvgIpc) is 2.67. The number of esters is 1. The van der Waals surface area contributed by atoms with Gasteiger partial charge in [0.15, 0.2) is 0 Å². The monoisotopic (exact) mass is 369 g/mol. The lowest BCUT2D eigenvalue weighted by molar-refractivity contribution is 0.0526. The molecule has 5 heteroatoms. The van der Waals surface area contributed by atoms with Crippen LogP contribution in [0, 0.1) is 6.92 Å². The summed E-state index contributed by atoms with van der Waals surface area (Å²) in [5.41, 5.74) is 3.67. The molecular weight excluding hydrogens is 342 g/mol. The summed E-state index contributed by atoms with van der Waals surface area (Å²) in [6.45, 7) is 5.34. The second-order valence-corrected chi connectivity index (χ2v) is 6.91. The van der Waals surface area contributed by atoms with E-state index in [1.54, 1.807) is 13.0 Å². The quantitative estimate of drug-likeness (QED) is 0.734. The molecule has 2 N–H and O–H groups in total. The molecule has 0 saturated carbocycles. The first-order chi connectivity index (χ1) is 13.1. The minimum Gasteiger partial charge on any atom is -0.489 e. The minimum absolute atomic E-state index is 0.0515. The highest BCUT2D eigenvalue weighted by molar-refractivity contribution is 5.89. The van der Waals surface area contributed by atoms with Crippen LogP contribution in [0.1, 0.15) is 46.5 Å². The first kappa shape index (κ1) is 19.4. The lowest BCUT2D eigenvalue weighted by Crippen LogP contribution is -2.36.